The zero-order chi connectivity index (χ0) is 13.0. The van der Waals surface area contributed by atoms with Gasteiger partial charge in [0.15, 0.2) is 0 Å². The lowest BCUT2D eigenvalue weighted by molar-refractivity contribution is -0.130. The maximum Gasteiger partial charge on any atom is 0.339 e. The average Bonchev–Trinajstić information content (AvgIpc) is 2.26. The summed E-state index contributed by atoms with van der Waals surface area (Å²) in [6.07, 6.45) is 0.920. The zero-order valence-corrected chi connectivity index (χ0v) is 8.88. The van der Waals surface area contributed by atoms with Gasteiger partial charge in [0, 0.05) is 5.56 Å². The van der Waals surface area contributed by atoms with Gasteiger partial charge in [0.25, 0.3) is 0 Å². The van der Waals surface area contributed by atoms with Gasteiger partial charge < -0.3 is 20.1 Å². The van der Waals surface area contributed by atoms with E-state index in [1.807, 2.05) is 0 Å². The van der Waals surface area contributed by atoms with Crippen LogP contribution in [0.25, 0.3) is 5.57 Å². The third-order valence-corrected chi connectivity index (χ3v) is 2.02. The number of phenols is 1. The van der Waals surface area contributed by atoms with Crippen molar-refractivity contribution in [2.24, 2.45) is 0 Å². The molecular weight excluding hydrogens is 228 g/mol. The molecule has 0 radical (unpaired) electrons. The lowest BCUT2D eigenvalue weighted by Gasteiger charge is -2.07. The molecule has 0 aromatic heterocycles. The van der Waals surface area contributed by atoms with Crippen LogP contribution in [0.15, 0.2) is 24.5 Å². The topological polar surface area (TPSA) is 104 Å². The fraction of sp³-hybridized carbons (Fsp3) is 0.0909. The summed E-state index contributed by atoms with van der Waals surface area (Å²) >= 11 is 0. The predicted octanol–water partition coefficient (Wildman–Crippen LogP) is 1.16. The molecular formula is C11H10O6. The number of aliphatic carboxylic acids is 1. The van der Waals surface area contributed by atoms with Crippen LogP contribution in [0.1, 0.15) is 15.9 Å². The van der Waals surface area contributed by atoms with Crippen LogP contribution in [0.4, 0.5) is 0 Å². The first kappa shape index (κ1) is 12.6. The van der Waals surface area contributed by atoms with E-state index in [4.69, 9.17) is 10.2 Å². The molecule has 0 atom stereocenters. The van der Waals surface area contributed by atoms with Crippen LogP contribution in [0.3, 0.4) is 0 Å². The summed E-state index contributed by atoms with van der Waals surface area (Å²) < 4.78 is 4.57. The molecule has 90 valence electrons. The molecule has 0 spiro atoms. The highest BCUT2D eigenvalue weighted by atomic mass is 16.5. The van der Waals surface area contributed by atoms with Gasteiger partial charge >= 0.3 is 11.9 Å². The SMILES string of the molecule is COC=C(C(=O)O)c1cccc(C(=O)O)c1O. The number of ether oxygens (including phenoxy) is 1. The largest absolute Gasteiger partial charge is 0.506 e. The number of methoxy groups -OCH3 is 1. The summed E-state index contributed by atoms with van der Waals surface area (Å²) in [5, 5.41) is 27.4. The first-order valence-corrected chi connectivity index (χ1v) is 4.51. The standard InChI is InChI=1S/C11H10O6/c1-17-5-8(11(15)16)6-3-2-4-7(9(6)12)10(13)14/h2-5,12H,1H3,(H,13,14)(H,15,16). The Labute approximate surface area is 96.4 Å². The Kier molecular flexibility index (Phi) is 3.71. The first-order valence-electron chi connectivity index (χ1n) is 4.51. The van der Waals surface area contributed by atoms with Crippen LogP contribution in [-0.2, 0) is 9.53 Å². The number of carboxylic acids is 2. The van der Waals surface area contributed by atoms with E-state index in [2.05, 4.69) is 4.74 Å². The van der Waals surface area contributed by atoms with Gasteiger partial charge in [0.05, 0.1) is 13.4 Å². The average molecular weight is 238 g/mol. The van der Waals surface area contributed by atoms with Crippen molar-refractivity contribution in [3.05, 3.63) is 35.6 Å². The van der Waals surface area contributed by atoms with E-state index < -0.39 is 17.7 Å². The van der Waals surface area contributed by atoms with Gasteiger partial charge in [-0.2, -0.15) is 0 Å². The molecule has 0 saturated carbocycles. The van der Waals surface area contributed by atoms with Crippen molar-refractivity contribution in [2.75, 3.05) is 7.11 Å². The van der Waals surface area contributed by atoms with Crippen LogP contribution in [0, 0.1) is 0 Å². The molecule has 0 amide bonds. The van der Waals surface area contributed by atoms with Crippen molar-refractivity contribution < 1.29 is 29.6 Å². The third kappa shape index (κ3) is 2.54. The van der Waals surface area contributed by atoms with Crippen LogP contribution in [-0.4, -0.2) is 34.4 Å². The maximum atomic E-state index is 10.9. The van der Waals surface area contributed by atoms with Crippen LogP contribution in [0.5, 0.6) is 5.75 Å². The molecule has 17 heavy (non-hydrogen) atoms. The molecule has 0 heterocycles. The second-order valence-corrected chi connectivity index (χ2v) is 3.08. The summed E-state index contributed by atoms with van der Waals surface area (Å²) in [6, 6.07) is 3.80. The smallest absolute Gasteiger partial charge is 0.339 e. The van der Waals surface area contributed by atoms with E-state index in [9.17, 15) is 14.7 Å². The molecule has 6 heteroatoms. The predicted molar refractivity (Wildman–Crippen MR) is 57.7 cm³/mol. The fourth-order valence-electron chi connectivity index (χ4n) is 1.28. The summed E-state index contributed by atoms with van der Waals surface area (Å²) in [7, 11) is 1.25. The Morgan fingerprint density at radius 3 is 2.29 bits per heavy atom. The Morgan fingerprint density at radius 2 is 1.82 bits per heavy atom. The highest BCUT2D eigenvalue weighted by Gasteiger charge is 2.19. The molecule has 1 rings (SSSR count). The Bertz CT molecular complexity index is 489. The number of carbonyl (C=O) groups is 2. The van der Waals surface area contributed by atoms with Crippen molar-refractivity contribution in [1.82, 2.24) is 0 Å². The number of hydrogen-bond acceptors (Lipinski definition) is 4. The highest BCUT2D eigenvalue weighted by Crippen LogP contribution is 2.29. The van der Waals surface area contributed by atoms with Gasteiger partial charge in [-0.05, 0) is 6.07 Å². The molecule has 1 aromatic carbocycles. The summed E-state index contributed by atoms with van der Waals surface area (Å²) in [4.78, 5) is 21.7. The quantitative estimate of drug-likeness (QED) is 0.537. The van der Waals surface area contributed by atoms with Gasteiger partial charge in [-0.25, -0.2) is 9.59 Å². The minimum Gasteiger partial charge on any atom is -0.506 e. The summed E-state index contributed by atoms with van der Waals surface area (Å²) in [6.45, 7) is 0. The van der Waals surface area contributed by atoms with Crippen molar-refractivity contribution in [1.29, 1.82) is 0 Å². The summed E-state index contributed by atoms with van der Waals surface area (Å²) in [5.41, 5.74) is -0.807. The highest BCUT2D eigenvalue weighted by molar-refractivity contribution is 6.16. The second kappa shape index (κ2) is 5.02. The number of aromatic carboxylic acids is 1. The molecule has 0 aliphatic rings. The Balaban J connectivity index is 3.40. The van der Waals surface area contributed by atoms with Crippen LogP contribution >= 0.6 is 0 Å². The molecule has 0 aliphatic heterocycles. The van der Waals surface area contributed by atoms with Crippen molar-refractivity contribution in [3.63, 3.8) is 0 Å². The number of rotatable bonds is 4. The Hall–Kier alpha value is -2.50. The van der Waals surface area contributed by atoms with Gasteiger partial charge in [0.1, 0.15) is 16.9 Å². The van der Waals surface area contributed by atoms with Crippen LogP contribution in [0.2, 0.25) is 0 Å². The van der Waals surface area contributed by atoms with Crippen molar-refractivity contribution in [3.8, 4) is 5.75 Å². The van der Waals surface area contributed by atoms with Gasteiger partial charge in [-0.15, -0.1) is 0 Å². The normalized spacial score (nSPS) is 11.0. The monoisotopic (exact) mass is 238 g/mol. The first-order chi connectivity index (χ1) is 7.99. The van der Waals surface area contributed by atoms with Gasteiger partial charge in [-0.3, -0.25) is 0 Å². The summed E-state index contributed by atoms with van der Waals surface area (Å²) in [5.74, 6) is -3.28. The number of benzene rings is 1. The third-order valence-electron chi connectivity index (χ3n) is 2.02. The van der Waals surface area contributed by atoms with E-state index in [0.717, 1.165) is 6.26 Å². The van der Waals surface area contributed by atoms with E-state index in [0.29, 0.717) is 0 Å². The lowest BCUT2D eigenvalue weighted by Crippen LogP contribution is -2.04. The van der Waals surface area contributed by atoms with E-state index in [-0.39, 0.29) is 16.7 Å². The Morgan fingerprint density at radius 1 is 1.24 bits per heavy atom. The fourth-order valence-corrected chi connectivity index (χ4v) is 1.28. The molecule has 0 bridgehead atoms. The minimum absolute atomic E-state index is 0.112. The number of aromatic hydroxyl groups is 1. The second-order valence-electron chi connectivity index (χ2n) is 3.08. The van der Waals surface area contributed by atoms with Crippen LogP contribution < -0.4 is 0 Å². The molecule has 6 nitrogen and oxygen atoms in total. The van der Waals surface area contributed by atoms with Crippen molar-refractivity contribution in [2.45, 2.75) is 0 Å². The van der Waals surface area contributed by atoms with E-state index in [1.165, 1.54) is 25.3 Å². The number of para-hydroxylation sites is 1. The zero-order valence-electron chi connectivity index (χ0n) is 8.88. The molecule has 0 fully saturated rings. The molecule has 1 aromatic rings. The molecule has 0 saturated heterocycles. The molecule has 0 unspecified atom stereocenters. The molecule has 3 N–H and O–H groups in total. The molecule has 0 aliphatic carbocycles. The van der Waals surface area contributed by atoms with Crippen molar-refractivity contribution >= 4 is 17.5 Å². The van der Waals surface area contributed by atoms with Gasteiger partial charge in [0.2, 0.25) is 0 Å². The van der Waals surface area contributed by atoms with E-state index >= 15 is 0 Å². The lowest BCUT2D eigenvalue weighted by atomic mass is 10.0. The van der Waals surface area contributed by atoms with Gasteiger partial charge in [-0.1, -0.05) is 12.1 Å². The number of hydrogen-bond donors (Lipinski definition) is 3. The maximum absolute atomic E-state index is 10.9. The minimum atomic E-state index is -1.34. The number of carboxylic acid groups (broad SMARTS) is 2. The van der Waals surface area contributed by atoms with E-state index in [1.54, 1.807) is 0 Å².